The Labute approximate surface area is 146 Å². The van der Waals surface area contributed by atoms with Gasteiger partial charge in [-0.3, -0.25) is 0 Å². The van der Waals surface area contributed by atoms with E-state index in [-0.39, 0.29) is 0 Å². The Hall–Kier alpha value is -1.67. The molecule has 0 amide bonds. The standard InChI is InChI=1S/C15H7BrClF5O2/c16-7(6-4-2-1-3-5-6)8(17)15(23)24-14-12(21)10(19)9(18)11(20)13(14)22/h1-5,7-8H/t7-,8-/m0/s1. The molecule has 128 valence electrons. The molecule has 0 aromatic heterocycles. The number of rotatable bonds is 4. The second kappa shape index (κ2) is 7.48. The van der Waals surface area contributed by atoms with Crippen LogP contribution in [-0.4, -0.2) is 11.3 Å². The van der Waals surface area contributed by atoms with Crippen molar-refractivity contribution in [3.05, 3.63) is 65.0 Å². The van der Waals surface area contributed by atoms with Gasteiger partial charge in [0.2, 0.25) is 34.8 Å². The third kappa shape index (κ3) is 3.54. The number of ether oxygens (including phenoxy) is 1. The van der Waals surface area contributed by atoms with Gasteiger partial charge in [0.05, 0.1) is 4.83 Å². The van der Waals surface area contributed by atoms with Gasteiger partial charge >= 0.3 is 5.97 Å². The topological polar surface area (TPSA) is 26.3 Å². The highest BCUT2D eigenvalue weighted by Gasteiger charge is 2.32. The first-order valence-electron chi connectivity index (χ1n) is 6.32. The molecule has 2 rings (SSSR count). The van der Waals surface area contributed by atoms with E-state index in [2.05, 4.69) is 20.7 Å². The fraction of sp³-hybridized carbons (Fsp3) is 0.133. The van der Waals surface area contributed by atoms with Gasteiger partial charge in [-0.25, -0.2) is 18.0 Å². The number of alkyl halides is 2. The summed E-state index contributed by atoms with van der Waals surface area (Å²) < 4.78 is 70.4. The third-order valence-electron chi connectivity index (χ3n) is 2.97. The first-order chi connectivity index (χ1) is 11.3. The zero-order valence-corrected chi connectivity index (χ0v) is 13.8. The summed E-state index contributed by atoms with van der Waals surface area (Å²) in [6.45, 7) is 0. The van der Waals surface area contributed by atoms with Crippen LogP contribution in [0.15, 0.2) is 30.3 Å². The normalized spacial score (nSPS) is 13.5. The van der Waals surface area contributed by atoms with Gasteiger partial charge in [-0.2, -0.15) is 8.78 Å². The van der Waals surface area contributed by atoms with Crippen LogP contribution < -0.4 is 4.74 Å². The molecule has 0 fully saturated rings. The van der Waals surface area contributed by atoms with Crippen LogP contribution in [0.1, 0.15) is 10.4 Å². The molecule has 0 bridgehead atoms. The van der Waals surface area contributed by atoms with Crippen molar-refractivity contribution in [2.24, 2.45) is 0 Å². The van der Waals surface area contributed by atoms with Gasteiger partial charge in [0.15, 0.2) is 0 Å². The minimum atomic E-state index is -2.35. The summed E-state index contributed by atoms with van der Waals surface area (Å²) in [4.78, 5) is 11.1. The number of carbonyl (C=O) groups is 1. The van der Waals surface area contributed by atoms with Crippen molar-refractivity contribution >= 4 is 33.5 Å². The van der Waals surface area contributed by atoms with Crippen LogP contribution in [-0.2, 0) is 4.79 Å². The lowest BCUT2D eigenvalue weighted by molar-refractivity contribution is -0.134. The molecule has 0 heterocycles. The lowest BCUT2D eigenvalue weighted by Gasteiger charge is -2.16. The molecule has 0 aliphatic carbocycles. The van der Waals surface area contributed by atoms with Crippen molar-refractivity contribution in [1.29, 1.82) is 0 Å². The lowest BCUT2D eigenvalue weighted by atomic mass is 10.1. The Balaban J connectivity index is 2.27. The maximum Gasteiger partial charge on any atom is 0.331 e. The van der Waals surface area contributed by atoms with E-state index in [9.17, 15) is 26.7 Å². The molecule has 0 aliphatic rings. The summed E-state index contributed by atoms with van der Waals surface area (Å²) in [6.07, 6.45) is 0. The van der Waals surface area contributed by atoms with Crippen LogP contribution in [0.2, 0.25) is 0 Å². The van der Waals surface area contributed by atoms with Crippen molar-refractivity contribution in [3.8, 4) is 5.75 Å². The van der Waals surface area contributed by atoms with Crippen LogP contribution in [0.4, 0.5) is 22.0 Å². The second-order valence-electron chi connectivity index (χ2n) is 4.53. The van der Waals surface area contributed by atoms with Crippen LogP contribution in [0.5, 0.6) is 5.75 Å². The second-order valence-corrected chi connectivity index (χ2v) is 5.99. The van der Waals surface area contributed by atoms with Crippen molar-refractivity contribution < 1.29 is 31.5 Å². The molecule has 9 heteroatoms. The number of hydrogen-bond donors (Lipinski definition) is 0. The monoisotopic (exact) mass is 428 g/mol. The van der Waals surface area contributed by atoms with E-state index in [1.165, 1.54) is 0 Å². The largest absolute Gasteiger partial charge is 0.419 e. The summed E-state index contributed by atoms with van der Waals surface area (Å²) in [5.74, 6) is -14.4. The van der Waals surface area contributed by atoms with Gasteiger partial charge in [0, 0.05) is 0 Å². The summed E-state index contributed by atoms with van der Waals surface area (Å²) in [5, 5.41) is -1.48. The average Bonchev–Trinajstić information content (AvgIpc) is 2.61. The van der Waals surface area contributed by atoms with Crippen molar-refractivity contribution in [3.63, 3.8) is 0 Å². The highest BCUT2D eigenvalue weighted by Crippen LogP contribution is 2.33. The summed E-state index contributed by atoms with van der Waals surface area (Å²) in [5.41, 5.74) is 0.548. The van der Waals surface area contributed by atoms with Crippen LogP contribution >= 0.6 is 27.5 Å². The predicted molar refractivity (Wildman–Crippen MR) is 79.6 cm³/mol. The Morgan fingerprint density at radius 3 is 1.88 bits per heavy atom. The van der Waals surface area contributed by atoms with Crippen molar-refractivity contribution in [2.45, 2.75) is 10.2 Å². The molecule has 0 saturated heterocycles. The highest BCUT2D eigenvalue weighted by atomic mass is 79.9. The molecule has 2 aromatic rings. The first-order valence-corrected chi connectivity index (χ1v) is 7.67. The average molecular weight is 430 g/mol. The molecule has 24 heavy (non-hydrogen) atoms. The van der Waals surface area contributed by atoms with Crippen molar-refractivity contribution in [2.75, 3.05) is 0 Å². The highest BCUT2D eigenvalue weighted by molar-refractivity contribution is 9.09. The van der Waals surface area contributed by atoms with Gasteiger partial charge in [-0.1, -0.05) is 46.3 Å². The third-order valence-corrected chi connectivity index (χ3v) is 4.76. The number of benzene rings is 2. The SMILES string of the molecule is O=C(Oc1c(F)c(F)c(F)c(F)c1F)[C@@H](Cl)[C@@H](Br)c1ccccc1. The number of hydrogen-bond acceptors (Lipinski definition) is 2. The van der Waals surface area contributed by atoms with E-state index >= 15 is 0 Å². The van der Waals surface area contributed by atoms with E-state index in [0.29, 0.717) is 5.56 Å². The van der Waals surface area contributed by atoms with E-state index < -0.39 is 51.0 Å². The Morgan fingerprint density at radius 1 is 0.917 bits per heavy atom. The number of halogens is 7. The van der Waals surface area contributed by atoms with Crippen molar-refractivity contribution in [1.82, 2.24) is 0 Å². The molecule has 0 saturated carbocycles. The van der Waals surface area contributed by atoms with Gasteiger partial charge in [-0.15, -0.1) is 11.6 Å². The van der Waals surface area contributed by atoms with Crippen LogP contribution in [0, 0.1) is 29.1 Å². The smallest absolute Gasteiger partial charge is 0.331 e. The first kappa shape index (κ1) is 18.7. The zero-order valence-electron chi connectivity index (χ0n) is 11.5. The van der Waals surface area contributed by atoms with E-state index in [0.717, 1.165) is 0 Å². The molecule has 2 aromatic carbocycles. The van der Waals surface area contributed by atoms with E-state index in [4.69, 9.17) is 11.6 Å². The molecule has 0 radical (unpaired) electrons. The van der Waals surface area contributed by atoms with Gasteiger partial charge in [0.25, 0.3) is 0 Å². The number of carbonyl (C=O) groups excluding carboxylic acids is 1. The molecule has 2 atom stereocenters. The van der Waals surface area contributed by atoms with Gasteiger partial charge < -0.3 is 4.74 Å². The summed E-state index contributed by atoms with van der Waals surface area (Å²) >= 11 is 8.97. The molecular weight excluding hydrogens is 423 g/mol. The van der Waals surface area contributed by atoms with Gasteiger partial charge in [-0.05, 0) is 5.56 Å². The fourth-order valence-corrected chi connectivity index (χ4v) is 2.47. The summed E-state index contributed by atoms with van der Waals surface area (Å²) in [7, 11) is 0. The Bertz CT molecular complexity index is 743. The molecule has 0 unspecified atom stereocenters. The van der Waals surface area contributed by atoms with Crippen LogP contribution in [0.25, 0.3) is 0 Å². The number of esters is 1. The van der Waals surface area contributed by atoms with E-state index in [1.54, 1.807) is 30.3 Å². The maximum absolute atomic E-state index is 13.5. The Kier molecular flexibility index (Phi) is 5.82. The fourth-order valence-electron chi connectivity index (χ4n) is 1.76. The maximum atomic E-state index is 13.5. The van der Waals surface area contributed by atoms with Crippen LogP contribution in [0.3, 0.4) is 0 Å². The molecular formula is C15H7BrClF5O2. The molecule has 2 nitrogen and oxygen atoms in total. The minimum Gasteiger partial charge on any atom is -0.419 e. The quantitative estimate of drug-likeness (QED) is 0.170. The van der Waals surface area contributed by atoms with E-state index in [1.807, 2.05) is 0 Å². The minimum absolute atomic E-state index is 0.548. The lowest BCUT2D eigenvalue weighted by Crippen LogP contribution is -2.26. The molecule has 0 aliphatic heterocycles. The molecule has 0 N–H and O–H groups in total. The molecule has 0 spiro atoms. The predicted octanol–water partition coefficient (Wildman–Crippen LogP) is 5.03. The zero-order chi connectivity index (χ0) is 18.0. The summed E-state index contributed by atoms with van der Waals surface area (Å²) in [6, 6.07) is 8.24. The van der Waals surface area contributed by atoms with Gasteiger partial charge in [0.1, 0.15) is 5.38 Å². The Morgan fingerprint density at radius 2 is 1.38 bits per heavy atom.